The Bertz CT molecular complexity index is 1310. The largest absolute Gasteiger partial charge is 0.416 e. The van der Waals surface area contributed by atoms with Gasteiger partial charge >= 0.3 is 6.18 Å². The van der Waals surface area contributed by atoms with Crippen LogP contribution in [0.4, 0.5) is 19.0 Å². The minimum Gasteiger partial charge on any atom is -0.384 e. The number of aliphatic hydroxyl groups is 1. The summed E-state index contributed by atoms with van der Waals surface area (Å²) in [5, 5.41) is 18.1. The minimum atomic E-state index is -4.48. The quantitative estimate of drug-likeness (QED) is 0.513. The molecule has 2 saturated heterocycles. The van der Waals surface area contributed by atoms with Crippen molar-refractivity contribution in [2.45, 2.75) is 68.4 Å². The fraction of sp³-hybridized carbons (Fsp3) is 0.519. The van der Waals surface area contributed by atoms with Gasteiger partial charge in [-0.25, -0.2) is 0 Å². The molecule has 3 aromatic rings. The van der Waals surface area contributed by atoms with Crippen LogP contribution in [0.5, 0.6) is 0 Å². The summed E-state index contributed by atoms with van der Waals surface area (Å²) in [6.45, 7) is 1.49. The van der Waals surface area contributed by atoms with Gasteiger partial charge in [-0.2, -0.15) is 13.2 Å². The second-order valence-electron chi connectivity index (χ2n) is 10.6. The van der Waals surface area contributed by atoms with Crippen LogP contribution in [-0.4, -0.2) is 68.7 Å². The summed E-state index contributed by atoms with van der Waals surface area (Å²) in [6.07, 6.45) is 2.10. The zero-order chi connectivity index (χ0) is 26.5. The number of hydrogen-bond donors (Lipinski definition) is 2. The van der Waals surface area contributed by atoms with Crippen LogP contribution in [0.2, 0.25) is 0 Å². The normalized spacial score (nSPS) is 28.1. The van der Waals surface area contributed by atoms with Crippen molar-refractivity contribution in [2.24, 2.45) is 0 Å². The summed E-state index contributed by atoms with van der Waals surface area (Å²) < 4.78 is 44.5. The SMILES string of the molecule is O=C(CNc1noc2ccc(C(F)(F)F)cc12)N1CCC2C1CCN2C1CCC(O)(c2ccccn2)CC1. The first-order valence-electron chi connectivity index (χ1n) is 13.1. The summed E-state index contributed by atoms with van der Waals surface area (Å²) >= 11 is 0. The Morgan fingerprint density at radius 1 is 1.11 bits per heavy atom. The van der Waals surface area contributed by atoms with E-state index in [4.69, 9.17) is 4.52 Å². The van der Waals surface area contributed by atoms with E-state index in [1.54, 1.807) is 6.20 Å². The third kappa shape index (κ3) is 4.51. The fourth-order valence-electron chi connectivity index (χ4n) is 6.59. The summed E-state index contributed by atoms with van der Waals surface area (Å²) in [4.78, 5) is 21.9. The standard InChI is InChI=1S/C27H30F3N5O3/c28-27(29,30)17-4-5-22-19(15-17)25(33-38-22)32-16-24(36)35-14-9-20-21(35)8-13-34(20)18-6-10-26(37,11-7-18)23-3-1-2-12-31-23/h1-5,12,15,18,20-21,37H,6-11,13-14,16H2,(H,32,33). The number of benzene rings is 1. The average Bonchev–Trinajstić information content (AvgIpc) is 3.63. The number of hydrogen-bond acceptors (Lipinski definition) is 7. The van der Waals surface area contributed by atoms with Crippen molar-refractivity contribution in [1.82, 2.24) is 19.9 Å². The molecule has 1 aromatic carbocycles. The van der Waals surface area contributed by atoms with Gasteiger partial charge in [0.25, 0.3) is 0 Å². The predicted molar refractivity (Wildman–Crippen MR) is 133 cm³/mol. The molecule has 2 aliphatic heterocycles. The van der Waals surface area contributed by atoms with E-state index in [0.717, 1.165) is 50.1 Å². The molecule has 0 radical (unpaired) electrons. The van der Waals surface area contributed by atoms with Crippen LogP contribution in [0.25, 0.3) is 11.0 Å². The fourth-order valence-corrected chi connectivity index (χ4v) is 6.59. The van der Waals surface area contributed by atoms with Gasteiger partial charge in [-0.1, -0.05) is 11.2 Å². The summed E-state index contributed by atoms with van der Waals surface area (Å²) in [5.74, 6) is 0.0292. The zero-order valence-electron chi connectivity index (χ0n) is 20.8. The number of amides is 1. The van der Waals surface area contributed by atoms with Crippen molar-refractivity contribution in [1.29, 1.82) is 0 Å². The molecule has 3 aliphatic rings. The number of nitrogens with one attached hydrogen (secondary N) is 1. The van der Waals surface area contributed by atoms with Gasteiger partial charge in [0.1, 0.15) is 5.60 Å². The van der Waals surface area contributed by atoms with E-state index in [0.29, 0.717) is 25.4 Å². The highest BCUT2D eigenvalue weighted by atomic mass is 19.4. The molecule has 1 amide bonds. The number of rotatable bonds is 5. The predicted octanol–water partition coefficient (Wildman–Crippen LogP) is 4.16. The Kier molecular flexibility index (Phi) is 6.30. The molecule has 2 unspecified atom stereocenters. The molecular formula is C27H30F3N5O3. The van der Waals surface area contributed by atoms with E-state index >= 15 is 0 Å². The van der Waals surface area contributed by atoms with Crippen molar-refractivity contribution < 1.29 is 27.6 Å². The molecule has 1 saturated carbocycles. The molecule has 3 fully saturated rings. The van der Waals surface area contributed by atoms with Crippen LogP contribution in [-0.2, 0) is 16.6 Å². The second kappa shape index (κ2) is 9.53. The summed E-state index contributed by atoms with van der Waals surface area (Å²) in [6, 6.07) is 9.58. The van der Waals surface area contributed by atoms with E-state index in [1.165, 1.54) is 6.07 Å². The number of carbonyl (C=O) groups excluding carboxylic acids is 1. The monoisotopic (exact) mass is 529 g/mol. The van der Waals surface area contributed by atoms with Gasteiger partial charge < -0.3 is 19.8 Å². The molecule has 202 valence electrons. The molecule has 38 heavy (non-hydrogen) atoms. The minimum absolute atomic E-state index is 0.0678. The first kappa shape index (κ1) is 25.1. The molecule has 6 rings (SSSR count). The first-order chi connectivity index (χ1) is 18.2. The van der Waals surface area contributed by atoms with E-state index in [9.17, 15) is 23.1 Å². The maximum Gasteiger partial charge on any atom is 0.416 e. The average molecular weight is 530 g/mol. The van der Waals surface area contributed by atoms with Gasteiger partial charge in [0.05, 0.1) is 23.2 Å². The number of nitrogens with zero attached hydrogens (tertiary/aromatic N) is 4. The van der Waals surface area contributed by atoms with Crippen molar-refractivity contribution in [3.05, 3.63) is 53.9 Å². The second-order valence-corrected chi connectivity index (χ2v) is 10.6. The number of alkyl halides is 3. The molecule has 0 spiro atoms. The van der Waals surface area contributed by atoms with Crippen LogP contribution >= 0.6 is 0 Å². The lowest BCUT2D eigenvalue weighted by molar-refractivity contribution is -0.137. The van der Waals surface area contributed by atoms with Crippen LogP contribution < -0.4 is 5.32 Å². The highest BCUT2D eigenvalue weighted by molar-refractivity contribution is 5.91. The van der Waals surface area contributed by atoms with Gasteiger partial charge in [0, 0.05) is 37.4 Å². The van der Waals surface area contributed by atoms with Crippen LogP contribution in [0.1, 0.15) is 49.8 Å². The first-order valence-corrected chi connectivity index (χ1v) is 13.1. The summed E-state index contributed by atoms with van der Waals surface area (Å²) in [7, 11) is 0. The van der Waals surface area contributed by atoms with Gasteiger partial charge in [-0.3, -0.25) is 14.7 Å². The highest BCUT2D eigenvalue weighted by Crippen LogP contribution is 2.42. The van der Waals surface area contributed by atoms with Crippen LogP contribution in [0, 0.1) is 0 Å². The van der Waals surface area contributed by atoms with Crippen molar-refractivity contribution >= 4 is 22.7 Å². The molecule has 2 N–H and O–H groups in total. The van der Waals surface area contributed by atoms with E-state index < -0.39 is 17.3 Å². The topological polar surface area (TPSA) is 94.7 Å². The Balaban J connectivity index is 1.06. The van der Waals surface area contributed by atoms with Gasteiger partial charge in [0.15, 0.2) is 11.4 Å². The molecule has 1 aliphatic carbocycles. The molecule has 2 aromatic heterocycles. The Morgan fingerprint density at radius 3 is 2.63 bits per heavy atom. The van der Waals surface area contributed by atoms with Gasteiger partial charge in [0.2, 0.25) is 5.91 Å². The zero-order valence-corrected chi connectivity index (χ0v) is 20.8. The lowest BCUT2D eigenvalue weighted by Gasteiger charge is -2.41. The number of likely N-dealkylation sites (tertiary alicyclic amines) is 2. The number of pyridine rings is 1. The number of carbonyl (C=O) groups is 1. The van der Waals surface area contributed by atoms with Gasteiger partial charge in [-0.15, -0.1) is 0 Å². The van der Waals surface area contributed by atoms with E-state index in [1.807, 2.05) is 23.1 Å². The number of halogens is 3. The Morgan fingerprint density at radius 2 is 1.89 bits per heavy atom. The number of fused-ring (bicyclic) bond motifs is 2. The highest BCUT2D eigenvalue weighted by Gasteiger charge is 2.48. The molecule has 2 atom stereocenters. The molecule has 4 heterocycles. The molecule has 0 bridgehead atoms. The van der Waals surface area contributed by atoms with Crippen molar-refractivity contribution in [3.63, 3.8) is 0 Å². The number of aromatic nitrogens is 2. The molecule has 8 nitrogen and oxygen atoms in total. The van der Waals surface area contributed by atoms with Crippen molar-refractivity contribution in [3.8, 4) is 0 Å². The summed E-state index contributed by atoms with van der Waals surface area (Å²) in [5.41, 5.74) is -0.718. The van der Waals surface area contributed by atoms with Crippen LogP contribution in [0.3, 0.4) is 0 Å². The van der Waals surface area contributed by atoms with E-state index in [2.05, 4.69) is 20.4 Å². The smallest absolute Gasteiger partial charge is 0.384 e. The number of anilines is 1. The maximum absolute atomic E-state index is 13.1. The third-order valence-corrected chi connectivity index (χ3v) is 8.54. The maximum atomic E-state index is 13.1. The lowest BCUT2D eigenvalue weighted by Crippen LogP contribution is -2.47. The molecular weight excluding hydrogens is 499 g/mol. The third-order valence-electron chi connectivity index (χ3n) is 8.54. The Hall–Kier alpha value is -3.18. The Labute approximate surface area is 217 Å². The lowest BCUT2D eigenvalue weighted by atomic mass is 9.79. The van der Waals surface area contributed by atoms with Gasteiger partial charge in [-0.05, 0) is 68.9 Å². The van der Waals surface area contributed by atoms with E-state index in [-0.39, 0.29) is 41.3 Å². The van der Waals surface area contributed by atoms with Crippen LogP contribution in [0.15, 0.2) is 47.1 Å². The van der Waals surface area contributed by atoms with Crippen molar-refractivity contribution in [2.75, 3.05) is 25.0 Å². The molecule has 11 heteroatoms.